The van der Waals surface area contributed by atoms with E-state index in [1.807, 2.05) is 53.6 Å². The predicted octanol–water partition coefficient (Wildman–Crippen LogP) is 4.63. The normalized spacial score (nSPS) is 11.1. The third kappa shape index (κ3) is 2.73. The molecular formula is C20H19ClN4O2. The Bertz CT molecular complexity index is 1140. The molecule has 0 bridgehead atoms. The average Bonchev–Trinajstić information content (AvgIpc) is 3.16. The van der Waals surface area contributed by atoms with Crippen LogP contribution in [0.3, 0.4) is 0 Å². The Morgan fingerprint density at radius 3 is 2.52 bits per heavy atom. The molecule has 0 unspecified atom stereocenters. The molecule has 0 saturated heterocycles. The zero-order valence-corrected chi connectivity index (χ0v) is 16.3. The number of imidazole rings is 1. The molecule has 0 fully saturated rings. The summed E-state index contributed by atoms with van der Waals surface area (Å²) in [6.07, 6.45) is 3.56. The lowest BCUT2D eigenvalue weighted by Crippen LogP contribution is -2.14. The summed E-state index contributed by atoms with van der Waals surface area (Å²) in [5.74, 6) is 2.02. The van der Waals surface area contributed by atoms with Gasteiger partial charge in [-0.2, -0.15) is 0 Å². The van der Waals surface area contributed by atoms with Crippen LogP contribution in [0.15, 0.2) is 42.9 Å². The third-order valence-electron chi connectivity index (χ3n) is 4.68. The molecule has 138 valence electrons. The van der Waals surface area contributed by atoms with Crippen LogP contribution in [-0.2, 0) is 0 Å². The molecule has 0 aliphatic heterocycles. The number of nitrogens with zero attached hydrogens (tertiary/aromatic N) is 4. The molecule has 2 aromatic heterocycles. The molecule has 27 heavy (non-hydrogen) atoms. The van der Waals surface area contributed by atoms with Crippen LogP contribution in [0.2, 0.25) is 5.02 Å². The van der Waals surface area contributed by atoms with E-state index in [-0.39, 0.29) is 0 Å². The highest BCUT2D eigenvalue weighted by molar-refractivity contribution is 6.33. The van der Waals surface area contributed by atoms with Crippen molar-refractivity contribution in [2.45, 2.75) is 6.92 Å². The van der Waals surface area contributed by atoms with E-state index in [2.05, 4.69) is 4.98 Å². The van der Waals surface area contributed by atoms with E-state index < -0.39 is 0 Å². The van der Waals surface area contributed by atoms with Gasteiger partial charge in [0.25, 0.3) is 0 Å². The Hall–Kier alpha value is -2.99. The van der Waals surface area contributed by atoms with Gasteiger partial charge < -0.3 is 14.4 Å². The van der Waals surface area contributed by atoms with Gasteiger partial charge in [0.15, 0.2) is 17.3 Å². The van der Waals surface area contributed by atoms with Crippen molar-refractivity contribution < 1.29 is 9.47 Å². The van der Waals surface area contributed by atoms with E-state index >= 15 is 0 Å². The Kier molecular flexibility index (Phi) is 4.28. The molecule has 0 aliphatic rings. The number of rotatable bonds is 4. The van der Waals surface area contributed by atoms with Gasteiger partial charge in [0.05, 0.1) is 48.5 Å². The molecular weight excluding hydrogens is 364 g/mol. The highest BCUT2D eigenvalue weighted by Crippen LogP contribution is 2.37. The summed E-state index contributed by atoms with van der Waals surface area (Å²) < 4.78 is 12.9. The lowest BCUT2D eigenvalue weighted by Gasteiger charge is -2.23. The molecule has 0 N–H and O–H groups in total. The first-order chi connectivity index (χ1) is 13.0. The SMILES string of the molecule is COc1cc2nc(N(C)c3c(C)cccc3Cl)c3cncn3c2cc1OC. The van der Waals surface area contributed by atoms with Gasteiger partial charge in [-0.05, 0) is 18.6 Å². The van der Waals surface area contributed by atoms with E-state index in [9.17, 15) is 0 Å². The minimum Gasteiger partial charge on any atom is -0.493 e. The number of hydrogen-bond donors (Lipinski definition) is 0. The van der Waals surface area contributed by atoms with Crippen LogP contribution < -0.4 is 14.4 Å². The molecule has 0 radical (unpaired) electrons. The number of methoxy groups -OCH3 is 2. The molecule has 0 aliphatic carbocycles. The van der Waals surface area contributed by atoms with E-state index in [0.717, 1.165) is 33.6 Å². The van der Waals surface area contributed by atoms with Gasteiger partial charge >= 0.3 is 0 Å². The van der Waals surface area contributed by atoms with Crippen LogP contribution in [0.1, 0.15) is 5.56 Å². The van der Waals surface area contributed by atoms with E-state index in [4.69, 9.17) is 26.1 Å². The van der Waals surface area contributed by atoms with Crippen molar-refractivity contribution in [3.8, 4) is 11.5 Å². The highest BCUT2D eigenvalue weighted by Gasteiger charge is 2.19. The van der Waals surface area contributed by atoms with Crippen LogP contribution in [0.4, 0.5) is 11.5 Å². The molecule has 2 aromatic carbocycles. The summed E-state index contributed by atoms with van der Waals surface area (Å²) in [7, 11) is 5.18. The zero-order valence-electron chi connectivity index (χ0n) is 15.5. The molecule has 0 amide bonds. The average molecular weight is 383 g/mol. The lowest BCUT2D eigenvalue weighted by molar-refractivity contribution is 0.355. The summed E-state index contributed by atoms with van der Waals surface area (Å²) in [5.41, 5.74) is 4.50. The summed E-state index contributed by atoms with van der Waals surface area (Å²) in [5, 5.41) is 0.671. The summed E-state index contributed by atoms with van der Waals surface area (Å²) in [6, 6.07) is 9.61. The second-order valence-corrected chi connectivity index (χ2v) is 6.65. The van der Waals surface area contributed by atoms with Crippen molar-refractivity contribution in [1.29, 1.82) is 0 Å². The van der Waals surface area contributed by atoms with Gasteiger partial charge in [-0.1, -0.05) is 23.7 Å². The number of anilines is 2. The smallest absolute Gasteiger partial charge is 0.163 e. The second kappa shape index (κ2) is 6.63. The standard InChI is InChI=1S/C20H19ClN4O2/c1-12-6-5-7-13(21)19(12)24(2)20-16-10-22-11-25(16)15-9-18(27-4)17(26-3)8-14(15)23-20/h5-11H,1-4H3. The van der Waals surface area contributed by atoms with Crippen LogP contribution >= 0.6 is 11.6 Å². The second-order valence-electron chi connectivity index (χ2n) is 6.24. The van der Waals surface area contributed by atoms with Crippen LogP contribution in [-0.4, -0.2) is 35.6 Å². The van der Waals surface area contributed by atoms with Crippen molar-refractivity contribution in [2.75, 3.05) is 26.2 Å². The molecule has 7 heteroatoms. The maximum absolute atomic E-state index is 6.48. The lowest BCUT2D eigenvalue weighted by atomic mass is 10.2. The number of para-hydroxylation sites is 1. The summed E-state index contributed by atoms with van der Waals surface area (Å²) in [4.78, 5) is 11.2. The molecule has 0 saturated carbocycles. The number of aromatic nitrogens is 3. The Labute approximate surface area is 161 Å². The number of halogens is 1. The van der Waals surface area contributed by atoms with E-state index in [0.29, 0.717) is 16.5 Å². The number of benzene rings is 2. The topological polar surface area (TPSA) is 51.9 Å². The Balaban J connectivity index is 2.01. The largest absolute Gasteiger partial charge is 0.493 e. The Morgan fingerprint density at radius 1 is 1.07 bits per heavy atom. The fraction of sp³-hybridized carbons (Fsp3) is 0.200. The van der Waals surface area contributed by atoms with E-state index in [1.165, 1.54) is 0 Å². The maximum Gasteiger partial charge on any atom is 0.163 e. The quantitative estimate of drug-likeness (QED) is 0.515. The number of hydrogen-bond acceptors (Lipinski definition) is 5. The first-order valence-electron chi connectivity index (χ1n) is 8.41. The molecule has 2 heterocycles. The molecule has 0 spiro atoms. The highest BCUT2D eigenvalue weighted by atomic mass is 35.5. The van der Waals surface area contributed by atoms with Gasteiger partial charge in [-0.15, -0.1) is 0 Å². The van der Waals surface area contributed by atoms with Crippen molar-refractivity contribution in [2.24, 2.45) is 0 Å². The molecule has 6 nitrogen and oxygen atoms in total. The first-order valence-corrected chi connectivity index (χ1v) is 8.79. The maximum atomic E-state index is 6.48. The van der Waals surface area contributed by atoms with Gasteiger partial charge in [-0.25, -0.2) is 9.97 Å². The third-order valence-corrected chi connectivity index (χ3v) is 4.98. The van der Waals surface area contributed by atoms with E-state index in [1.54, 1.807) is 26.7 Å². The van der Waals surface area contributed by atoms with Gasteiger partial charge in [0, 0.05) is 19.2 Å². The van der Waals surface area contributed by atoms with Crippen LogP contribution in [0, 0.1) is 6.92 Å². The fourth-order valence-electron chi connectivity index (χ4n) is 3.36. The van der Waals surface area contributed by atoms with Crippen molar-refractivity contribution in [3.63, 3.8) is 0 Å². The first kappa shape index (κ1) is 17.4. The molecule has 0 atom stereocenters. The summed E-state index contributed by atoms with van der Waals surface area (Å²) >= 11 is 6.48. The number of aryl methyl sites for hydroxylation is 1. The van der Waals surface area contributed by atoms with Crippen molar-refractivity contribution >= 4 is 39.7 Å². The molecule has 4 rings (SSSR count). The molecule has 4 aromatic rings. The minimum atomic E-state index is 0.625. The van der Waals surface area contributed by atoms with Gasteiger partial charge in [0.1, 0.15) is 5.52 Å². The van der Waals surface area contributed by atoms with Crippen molar-refractivity contribution in [1.82, 2.24) is 14.4 Å². The monoisotopic (exact) mass is 382 g/mol. The van der Waals surface area contributed by atoms with Crippen molar-refractivity contribution in [3.05, 3.63) is 53.4 Å². The fourth-order valence-corrected chi connectivity index (χ4v) is 3.71. The zero-order chi connectivity index (χ0) is 19.1. The van der Waals surface area contributed by atoms with Crippen LogP contribution in [0.5, 0.6) is 11.5 Å². The predicted molar refractivity (Wildman–Crippen MR) is 108 cm³/mol. The Morgan fingerprint density at radius 2 is 1.81 bits per heavy atom. The van der Waals surface area contributed by atoms with Gasteiger partial charge in [0.2, 0.25) is 0 Å². The number of ether oxygens (including phenoxy) is 2. The number of fused-ring (bicyclic) bond motifs is 3. The summed E-state index contributed by atoms with van der Waals surface area (Å²) in [6.45, 7) is 2.03. The minimum absolute atomic E-state index is 0.625. The van der Waals surface area contributed by atoms with Gasteiger partial charge in [-0.3, -0.25) is 4.40 Å². The van der Waals surface area contributed by atoms with Crippen LogP contribution in [0.25, 0.3) is 16.6 Å².